The normalized spacial score (nSPS) is 33.6. The molecule has 0 radical (unpaired) electrons. The van der Waals surface area contributed by atoms with Gasteiger partial charge in [0.05, 0.1) is 5.60 Å². The van der Waals surface area contributed by atoms with Crippen molar-refractivity contribution in [2.24, 2.45) is 11.1 Å². The molecule has 19 heavy (non-hydrogen) atoms. The zero-order valence-electron chi connectivity index (χ0n) is 12.7. The van der Waals surface area contributed by atoms with Gasteiger partial charge < -0.3 is 15.7 Å². The Kier molecular flexibility index (Phi) is 5.27. The average molecular weight is 268 g/mol. The van der Waals surface area contributed by atoms with Crippen LogP contribution in [0.4, 0.5) is 0 Å². The SMILES string of the molecule is CCN1CCCC(O)(C2(CN)CCCCCC2)CC1. The van der Waals surface area contributed by atoms with E-state index in [0.717, 1.165) is 51.7 Å². The van der Waals surface area contributed by atoms with Crippen LogP contribution < -0.4 is 5.73 Å². The molecule has 3 nitrogen and oxygen atoms in total. The fraction of sp³-hybridized carbons (Fsp3) is 1.00. The molecular formula is C16H32N2O. The van der Waals surface area contributed by atoms with E-state index in [-0.39, 0.29) is 5.41 Å². The largest absolute Gasteiger partial charge is 0.389 e. The maximum Gasteiger partial charge on any atom is 0.0728 e. The predicted octanol–water partition coefficient (Wildman–Crippen LogP) is 2.52. The van der Waals surface area contributed by atoms with Crippen LogP contribution >= 0.6 is 0 Å². The molecule has 0 aromatic carbocycles. The van der Waals surface area contributed by atoms with Crippen LogP contribution in [0.3, 0.4) is 0 Å². The molecule has 2 rings (SSSR count). The molecule has 2 fully saturated rings. The minimum atomic E-state index is -0.518. The van der Waals surface area contributed by atoms with Crippen LogP contribution in [0.2, 0.25) is 0 Å². The Morgan fingerprint density at radius 1 is 0.947 bits per heavy atom. The molecule has 3 N–H and O–H groups in total. The van der Waals surface area contributed by atoms with Crippen molar-refractivity contribution in [3.05, 3.63) is 0 Å². The van der Waals surface area contributed by atoms with Crippen molar-refractivity contribution in [3.63, 3.8) is 0 Å². The van der Waals surface area contributed by atoms with Gasteiger partial charge in [-0.25, -0.2) is 0 Å². The van der Waals surface area contributed by atoms with Crippen molar-refractivity contribution in [1.82, 2.24) is 4.90 Å². The van der Waals surface area contributed by atoms with Gasteiger partial charge in [0.2, 0.25) is 0 Å². The summed E-state index contributed by atoms with van der Waals surface area (Å²) in [6.07, 6.45) is 10.4. The Bertz CT molecular complexity index is 274. The van der Waals surface area contributed by atoms with Gasteiger partial charge in [0.25, 0.3) is 0 Å². The molecule has 0 spiro atoms. The smallest absolute Gasteiger partial charge is 0.0728 e. The molecular weight excluding hydrogens is 236 g/mol. The molecule has 0 amide bonds. The number of rotatable bonds is 3. The Morgan fingerprint density at radius 3 is 2.21 bits per heavy atom. The van der Waals surface area contributed by atoms with E-state index in [2.05, 4.69) is 11.8 Å². The van der Waals surface area contributed by atoms with Crippen molar-refractivity contribution in [2.75, 3.05) is 26.2 Å². The number of nitrogens with two attached hydrogens (primary N) is 1. The molecule has 1 saturated heterocycles. The third-order valence-electron chi connectivity index (χ3n) is 5.79. The molecule has 0 aromatic rings. The van der Waals surface area contributed by atoms with Gasteiger partial charge in [0.1, 0.15) is 0 Å². The fourth-order valence-corrected chi connectivity index (χ4v) is 4.29. The van der Waals surface area contributed by atoms with E-state index >= 15 is 0 Å². The topological polar surface area (TPSA) is 49.5 Å². The highest BCUT2D eigenvalue weighted by atomic mass is 16.3. The van der Waals surface area contributed by atoms with Gasteiger partial charge in [0.15, 0.2) is 0 Å². The highest BCUT2D eigenvalue weighted by Crippen LogP contribution is 2.47. The second-order valence-electron chi connectivity index (χ2n) is 6.72. The Balaban J connectivity index is 2.14. The van der Waals surface area contributed by atoms with Gasteiger partial charge in [-0.2, -0.15) is 0 Å². The minimum Gasteiger partial charge on any atom is -0.389 e. The highest BCUT2D eigenvalue weighted by molar-refractivity contribution is 5.01. The van der Waals surface area contributed by atoms with Gasteiger partial charge in [-0.15, -0.1) is 0 Å². The van der Waals surface area contributed by atoms with E-state index in [0.29, 0.717) is 6.54 Å². The number of hydrogen-bond donors (Lipinski definition) is 2. The second-order valence-corrected chi connectivity index (χ2v) is 6.72. The summed E-state index contributed by atoms with van der Waals surface area (Å²) in [5.74, 6) is 0. The predicted molar refractivity (Wildman–Crippen MR) is 80.1 cm³/mol. The third-order valence-corrected chi connectivity index (χ3v) is 5.79. The molecule has 3 heteroatoms. The van der Waals surface area contributed by atoms with E-state index < -0.39 is 5.60 Å². The summed E-state index contributed by atoms with van der Waals surface area (Å²) in [5.41, 5.74) is 5.64. The molecule has 2 aliphatic rings. The molecule has 112 valence electrons. The molecule has 1 aliphatic heterocycles. The summed E-state index contributed by atoms with van der Waals surface area (Å²) in [5, 5.41) is 11.4. The van der Waals surface area contributed by atoms with E-state index in [1.807, 2.05) is 0 Å². The summed E-state index contributed by atoms with van der Waals surface area (Å²) < 4.78 is 0. The second kappa shape index (κ2) is 6.55. The van der Waals surface area contributed by atoms with Crippen LogP contribution in [0.15, 0.2) is 0 Å². The number of hydrogen-bond acceptors (Lipinski definition) is 3. The van der Waals surface area contributed by atoms with Crippen LogP contribution in [0.5, 0.6) is 0 Å². The fourth-order valence-electron chi connectivity index (χ4n) is 4.29. The first-order valence-corrected chi connectivity index (χ1v) is 8.31. The van der Waals surface area contributed by atoms with Gasteiger partial charge >= 0.3 is 0 Å². The van der Waals surface area contributed by atoms with E-state index in [9.17, 15) is 5.11 Å². The van der Waals surface area contributed by atoms with E-state index in [4.69, 9.17) is 5.73 Å². The summed E-state index contributed by atoms with van der Waals surface area (Å²) in [7, 11) is 0. The lowest BCUT2D eigenvalue weighted by molar-refractivity contribution is -0.0989. The van der Waals surface area contributed by atoms with Crippen LogP contribution in [0, 0.1) is 5.41 Å². The van der Waals surface area contributed by atoms with Gasteiger partial charge in [0, 0.05) is 18.5 Å². The average Bonchev–Trinajstić information content (AvgIpc) is 2.78. The van der Waals surface area contributed by atoms with Gasteiger partial charge in [-0.05, 0) is 45.2 Å². The molecule has 1 unspecified atom stereocenters. The highest BCUT2D eigenvalue weighted by Gasteiger charge is 2.48. The molecule has 1 atom stereocenters. The first kappa shape index (κ1) is 15.3. The molecule has 1 saturated carbocycles. The Hall–Kier alpha value is -0.120. The van der Waals surface area contributed by atoms with Crippen LogP contribution in [-0.4, -0.2) is 41.8 Å². The maximum absolute atomic E-state index is 11.4. The monoisotopic (exact) mass is 268 g/mol. The Morgan fingerprint density at radius 2 is 1.63 bits per heavy atom. The molecule has 1 aliphatic carbocycles. The summed E-state index contributed by atoms with van der Waals surface area (Å²) in [6, 6.07) is 0. The van der Waals surface area contributed by atoms with Crippen molar-refractivity contribution < 1.29 is 5.11 Å². The lowest BCUT2D eigenvalue weighted by Gasteiger charge is -2.47. The van der Waals surface area contributed by atoms with E-state index in [1.165, 1.54) is 25.7 Å². The third kappa shape index (κ3) is 3.14. The number of nitrogens with zero attached hydrogens (tertiary/aromatic N) is 1. The van der Waals surface area contributed by atoms with Gasteiger partial charge in [-0.1, -0.05) is 32.6 Å². The van der Waals surface area contributed by atoms with Gasteiger partial charge in [-0.3, -0.25) is 0 Å². The van der Waals surface area contributed by atoms with E-state index in [1.54, 1.807) is 0 Å². The standard InChI is InChI=1S/C16H32N2O/c1-2-18-12-7-10-16(19,11-13-18)15(14-17)8-5-3-4-6-9-15/h19H,2-14,17H2,1H3. The van der Waals surface area contributed by atoms with Crippen molar-refractivity contribution in [1.29, 1.82) is 0 Å². The lowest BCUT2D eigenvalue weighted by Crippen LogP contribution is -2.53. The maximum atomic E-state index is 11.4. The lowest BCUT2D eigenvalue weighted by atomic mass is 9.64. The molecule has 1 heterocycles. The minimum absolute atomic E-state index is 0.00670. The zero-order chi connectivity index (χ0) is 13.8. The summed E-state index contributed by atoms with van der Waals surface area (Å²) in [4.78, 5) is 2.47. The van der Waals surface area contributed by atoms with Crippen LogP contribution in [-0.2, 0) is 0 Å². The number of aliphatic hydroxyl groups is 1. The summed E-state index contributed by atoms with van der Waals surface area (Å²) in [6.45, 7) is 6.16. The quantitative estimate of drug-likeness (QED) is 0.773. The first-order chi connectivity index (χ1) is 9.16. The number of likely N-dealkylation sites (tertiary alicyclic amines) is 1. The van der Waals surface area contributed by atoms with Crippen molar-refractivity contribution in [2.45, 2.75) is 70.3 Å². The molecule has 0 bridgehead atoms. The van der Waals surface area contributed by atoms with Crippen LogP contribution in [0.1, 0.15) is 64.7 Å². The summed E-state index contributed by atoms with van der Waals surface area (Å²) >= 11 is 0. The van der Waals surface area contributed by atoms with Crippen molar-refractivity contribution >= 4 is 0 Å². The Labute approximate surface area is 118 Å². The van der Waals surface area contributed by atoms with Crippen LogP contribution in [0.25, 0.3) is 0 Å². The molecule has 0 aromatic heterocycles. The first-order valence-electron chi connectivity index (χ1n) is 8.31. The zero-order valence-corrected chi connectivity index (χ0v) is 12.7. The van der Waals surface area contributed by atoms with Crippen molar-refractivity contribution in [3.8, 4) is 0 Å².